The maximum absolute atomic E-state index is 13.8. The van der Waals surface area contributed by atoms with Crippen molar-refractivity contribution in [3.63, 3.8) is 0 Å². The first-order chi connectivity index (χ1) is 10.3. The van der Waals surface area contributed by atoms with E-state index in [4.69, 9.17) is 14.6 Å². The molecule has 1 aliphatic heterocycles. The Morgan fingerprint density at radius 2 is 2.33 bits per heavy atom. The van der Waals surface area contributed by atoms with Gasteiger partial charge in [0.1, 0.15) is 11.6 Å². The Morgan fingerprint density at radius 1 is 1.43 bits per heavy atom. The first kappa shape index (κ1) is 15.8. The summed E-state index contributed by atoms with van der Waals surface area (Å²) in [5, 5.41) is 8.63. The Balaban J connectivity index is 1.76. The van der Waals surface area contributed by atoms with Crippen LogP contribution < -0.4 is 4.74 Å². The van der Waals surface area contributed by atoms with E-state index in [9.17, 15) is 4.39 Å². The number of hydrogen-bond donors (Lipinski definition) is 1. The van der Waals surface area contributed by atoms with Gasteiger partial charge in [0.05, 0.1) is 24.9 Å². The topological polar surface area (TPSA) is 38.7 Å². The number of halogens is 1. The molecule has 4 heteroatoms. The Hall–Kier alpha value is -1.57. The monoisotopic (exact) mass is 292 g/mol. The molecule has 1 aromatic carbocycles. The summed E-state index contributed by atoms with van der Waals surface area (Å²) in [6.45, 7) is 1.42. The van der Waals surface area contributed by atoms with Crippen LogP contribution in [-0.2, 0) is 4.74 Å². The normalized spacial score (nSPS) is 17.3. The molecule has 0 amide bonds. The Bertz CT molecular complexity index is 498. The highest BCUT2D eigenvalue weighted by Gasteiger charge is 2.14. The molecule has 1 aromatic rings. The van der Waals surface area contributed by atoms with Gasteiger partial charge in [-0.05, 0) is 37.8 Å². The second-order valence-electron chi connectivity index (χ2n) is 5.04. The summed E-state index contributed by atoms with van der Waals surface area (Å²) in [4.78, 5) is 0. The van der Waals surface area contributed by atoms with Gasteiger partial charge in [0.2, 0.25) is 0 Å². The van der Waals surface area contributed by atoms with Gasteiger partial charge in [0.15, 0.2) is 0 Å². The molecule has 1 atom stereocenters. The van der Waals surface area contributed by atoms with Crippen molar-refractivity contribution < 1.29 is 19.0 Å². The van der Waals surface area contributed by atoms with Gasteiger partial charge in [0, 0.05) is 19.1 Å². The van der Waals surface area contributed by atoms with Crippen LogP contribution in [0.2, 0.25) is 0 Å². The first-order valence-electron chi connectivity index (χ1n) is 7.43. The van der Waals surface area contributed by atoms with Crippen LogP contribution in [0.25, 0.3) is 0 Å². The number of benzene rings is 1. The zero-order chi connectivity index (χ0) is 14.9. The van der Waals surface area contributed by atoms with Crippen LogP contribution in [0, 0.1) is 17.7 Å². The van der Waals surface area contributed by atoms with E-state index in [1.165, 1.54) is 6.07 Å². The molecule has 21 heavy (non-hydrogen) atoms. The van der Waals surface area contributed by atoms with Crippen molar-refractivity contribution in [3.8, 4) is 17.6 Å². The van der Waals surface area contributed by atoms with E-state index >= 15 is 0 Å². The highest BCUT2D eigenvalue weighted by Crippen LogP contribution is 2.19. The average Bonchev–Trinajstić information content (AvgIpc) is 2.99. The third kappa shape index (κ3) is 5.37. The van der Waals surface area contributed by atoms with E-state index < -0.39 is 5.82 Å². The first-order valence-corrected chi connectivity index (χ1v) is 7.43. The average molecular weight is 292 g/mol. The molecule has 1 fully saturated rings. The van der Waals surface area contributed by atoms with Crippen molar-refractivity contribution in [2.75, 3.05) is 19.8 Å². The zero-order valence-electron chi connectivity index (χ0n) is 12.1. The van der Waals surface area contributed by atoms with E-state index in [-0.39, 0.29) is 6.61 Å². The highest BCUT2D eigenvalue weighted by atomic mass is 19.1. The molecule has 0 bridgehead atoms. The van der Waals surface area contributed by atoms with E-state index in [2.05, 4.69) is 11.8 Å². The molecule has 1 heterocycles. The van der Waals surface area contributed by atoms with Crippen LogP contribution in [0.5, 0.6) is 5.75 Å². The number of rotatable bonds is 6. The second-order valence-corrected chi connectivity index (χ2v) is 5.04. The zero-order valence-corrected chi connectivity index (χ0v) is 12.1. The van der Waals surface area contributed by atoms with Crippen molar-refractivity contribution in [2.24, 2.45) is 0 Å². The fourth-order valence-electron chi connectivity index (χ4n) is 2.27. The third-order valence-electron chi connectivity index (χ3n) is 3.36. The van der Waals surface area contributed by atoms with Crippen molar-refractivity contribution in [1.82, 2.24) is 0 Å². The molecular formula is C17H21FO3. The van der Waals surface area contributed by atoms with Crippen LogP contribution >= 0.6 is 0 Å². The van der Waals surface area contributed by atoms with Crippen LogP contribution in [0.15, 0.2) is 18.2 Å². The van der Waals surface area contributed by atoms with Crippen molar-refractivity contribution >= 4 is 0 Å². The lowest BCUT2D eigenvalue weighted by molar-refractivity contribution is 0.0981. The largest absolute Gasteiger partial charge is 0.493 e. The van der Waals surface area contributed by atoms with Gasteiger partial charge in [-0.25, -0.2) is 4.39 Å². The lowest BCUT2D eigenvalue weighted by Crippen LogP contribution is -2.07. The SMILES string of the molecule is OCCC#Cc1ccc(OCCCC2CCCO2)cc1F. The quantitative estimate of drug-likeness (QED) is 0.647. The van der Waals surface area contributed by atoms with Crippen molar-refractivity contribution in [2.45, 2.75) is 38.2 Å². The van der Waals surface area contributed by atoms with Crippen LogP contribution in [0.1, 0.15) is 37.7 Å². The molecule has 2 rings (SSSR count). The summed E-state index contributed by atoms with van der Waals surface area (Å²) in [6.07, 6.45) is 4.90. The van der Waals surface area contributed by atoms with Crippen LogP contribution in [-0.4, -0.2) is 31.0 Å². The van der Waals surface area contributed by atoms with Gasteiger partial charge in [-0.3, -0.25) is 0 Å². The maximum Gasteiger partial charge on any atom is 0.142 e. The number of ether oxygens (including phenoxy) is 2. The number of aliphatic hydroxyl groups is 1. The molecule has 3 nitrogen and oxygen atoms in total. The van der Waals surface area contributed by atoms with Gasteiger partial charge < -0.3 is 14.6 Å². The molecule has 1 saturated heterocycles. The number of aliphatic hydroxyl groups excluding tert-OH is 1. The minimum Gasteiger partial charge on any atom is -0.493 e. The summed E-state index contributed by atoms with van der Waals surface area (Å²) in [7, 11) is 0. The minimum atomic E-state index is -0.392. The summed E-state index contributed by atoms with van der Waals surface area (Å²) in [6, 6.07) is 4.68. The molecule has 1 aliphatic rings. The molecule has 0 radical (unpaired) electrons. The van der Waals surface area contributed by atoms with Crippen molar-refractivity contribution in [3.05, 3.63) is 29.6 Å². The summed E-state index contributed by atoms with van der Waals surface area (Å²) in [5.41, 5.74) is 0.329. The summed E-state index contributed by atoms with van der Waals surface area (Å²) >= 11 is 0. The van der Waals surface area contributed by atoms with E-state index in [1.54, 1.807) is 12.1 Å². The molecule has 1 N–H and O–H groups in total. The fourth-order valence-corrected chi connectivity index (χ4v) is 2.27. The minimum absolute atomic E-state index is 0.0134. The van der Waals surface area contributed by atoms with Gasteiger partial charge >= 0.3 is 0 Å². The van der Waals surface area contributed by atoms with E-state index in [0.29, 0.717) is 30.4 Å². The third-order valence-corrected chi connectivity index (χ3v) is 3.36. The predicted molar refractivity (Wildman–Crippen MR) is 78.7 cm³/mol. The van der Waals surface area contributed by atoms with Crippen LogP contribution in [0.4, 0.5) is 4.39 Å². The molecule has 0 aliphatic carbocycles. The van der Waals surface area contributed by atoms with Gasteiger partial charge in [0.25, 0.3) is 0 Å². The lowest BCUT2D eigenvalue weighted by atomic mass is 10.1. The predicted octanol–water partition coefficient (Wildman–Crippen LogP) is 2.90. The van der Waals surface area contributed by atoms with Crippen molar-refractivity contribution in [1.29, 1.82) is 0 Å². The molecular weight excluding hydrogens is 271 g/mol. The highest BCUT2D eigenvalue weighted by molar-refractivity contribution is 5.39. The smallest absolute Gasteiger partial charge is 0.142 e. The molecule has 0 aromatic heterocycles. The summed E-state index contributed by atoms with van der Waals surface area (Å²) in [5.74, 6) is 5.52. The van der Waals surface area contributed by atoms with Gasteiger partial charge in [-0.2, -0.15) is 0 Å². The molecule has 1 unspecified atom stereocenters. The molecule has 0 saturated carbocycles. The lowest BCUT2D eigenvalue weighted by Gasteiger charge is -2.10. The Kier molecular flexibility index (Phi) is 6.52. The van der Waals surface area contributed by atoms with Gasteiger partial charge in [-0.15, -0.1) is 0 Å². The van der Waals surface area contributed by atoms with E-state index in [0.717, 1.165) is 32.3 Å². The standard InChI is InChI=1S/C17H21FO3/c18-17-13-16(9-8-14(17)5-1-2-10-19)21-12-4-7-15-6-3-11-20-15/h8-9,13,15,19H,2-4,6-7,10-12H2. The fraction of sp³-hybridized carbons (Fsp3) is 0.529. The van der Waals surface area contributed by atoms with Crippen LogP contribution in [0.3, 0.4) is 0 Å². The maximum atomic E-state index is 13.8. The Morgan fingerprint density at radius 3 is 3.05 bits per heavy atom. The molecule has 0 spiro atoms. The summed E-state index contributed by atoms with van der Waals surface area (Å²) < 4.78 is 24.8. The number of hydrogen-bond acceptors (Lipinski definition) is 3. The Labute approximate surface area is 125 Å². The second kappa shape index (κ2) is 8.66. The van der Waals surface area contributed by atoms with E-state index in [1.807, 2.05) is 0 Å². The van der Waals surface area contributed by atoms with Gasteiger partial charge in [-0.1, -0.05) is 11.8 Å². The molecule has 114 valence electrons.